The zero-order valence-electron chi connectivity index (χ0n) is 15.0. The number of aromatic nitrogens is 3. The Morgan fingerprint density at radius 2 is 1.96 bits per heavy atom. The molecule has 1 fully saturated rings. The number of aryl methyl sites for hydroxylation is 1. The molecule has 1 saturated heterocycles. The van der Waals surface area contributed by atoms with Crippen LogP contribution >= 0.6 is 0 Å². The number of anilines is 1. The number of para-hydroxylation sites is 1. The zero-order chi connectivity index (χ0) is 17.8. The lowest BCUT2D eigenvalue weighted by Gasteiger charge is -2.30. The Morgan fingerprint density at radius 3 is 2.85 bits per heavy atom. The van der Waals surface area contributed by atoms with Crippen molar-refractivity contribution in [3.8, 4) is 0 Å². The Hall–Kier alpha value is -2.57. The first kappa shape index (κ1) is 16.9. The fourth-order valence-electron chi connectivity index (χ4n) is 3.91. The van der Waals surface area contributed by atoms with E-state index in [1.54, 1.807) is 6.33 Å². The van der Waals surface area contributed by atoms with Gasteiger partial charge in [-0.15, -0.1) is 0 Å². The number of urea groups is 1. The molecule has 0 saturated carbocycles. The van der Waals surface area contributed by atoms with Crippen LogP contribution in [0.15, 0.2) is 30.6 Å². The molecule has 1 aromatic carbocycles. The van der Waals surface area contributed by atoms with Gasteiger partial charge in [0.25, 0.3) is 0 Å². The number of rotatable bonds is 4. The molecular weight excluding hydrogens is 328 g/mol. The molecule has 3 heterocycles. The van der Waals surface area contributed by atoms with E-state index < -0.39 is 0 Å². The van der Waals surface area contributed by atoms with Crippen LogP contribution in [0.1, 0.15) is 49.5 Å². The summed E-state index contributed by atoms with van der Waals surface area (Å²) in [5, 5.41) is 10.3. The highest BCUT2D eigenvalue weighted by molar-refractivity contribution is 5.74. The lowest BCUT2D eigenvalue weighted by molar-refractivity contribution is 0.232. The van der Waals surface area contributed by atoms with Crippen LogP contribution in [0.4, 0.5) is 10.5 Å². The van der Waals surface area contributed by atoms with E-state index in [0.29, 0.717) is 6.54 Å². The summed E-state index contributed by atoms with van der Waals surface area (Å²) < 4.78 is 1.88. The molecule has 0 spiro atoms. The second-order valence-electron chi connectivity index (χ2n) is 7.04. The first-order chi connectivity index (χ1) is 12.8. The Morgan fingerprint density at radius 1 is 1.12 bits per heavy atom. The predicted octanol–water partition coefficient (Wildman–Crippen LogP) is 2.60. The van der Waals surface area contributed by atoms with Gasteiger partial charge in [0, 0.05) is 31.9 Å². The molecule has 2 amide bonds. The molecule has 2 N–H and O–H groups in total. The van der Waals surface area contributed by atoms with Gasteiger partial charge >= 0.3 is 6.03 Å². The molecular formula is C19H26N6O. The molecule has 1 aromatic heterocycles. The number of amides is 2. The average Bonchev–Trinajstić information content (AvgIpc) is 3.17. The van der Waals surface area contributed by atoms with Crippen molar-refractivity contribution in [3.05, 3.63) is 42.0 Å². The molecule has 0 aliphatic carbocycles. The maximum Gasteiger partial charge on any atom is 0.315 e. The Labute approximate surface area is 153 Å². The molecule has 7 nitrogen and oxygen atoms in total. The Bertz CT molecular complexity index is 752. The van der Waals surface area contributed by atoms with E-state index >= 15 is 0 Å². The summed E-state index contributed by atoms with van der Waals surface area (Å²) >= 11 is 0. The topological polar surface area (TPSA) is 75.1 Å². The minimum absolute atomic E-state index is 0.0661. The van der Waals surface area contributed by atoms with Crippen LogP contribution in [0.3, 0.4) is 0 Å². The number of nitrogens with zero attached hydrogens (tertiary/aromatic N) is 4. The minimum Gasteiger partial charge on any atom is -0.371 e. The summed E-state index contributed by atoms with van der Waals surface area (Å²) in [5.74, 6) is 0.847. The van der Waals surface area contributed by atoms with Crippen molar-refractivity contribution in [2.45, 2.75) is 51.2 Å². The SMILES string of the molecule is O=C(NCc1ccccc1N1CCCCC1)NC1CCCn2ncnc21. The number of carbonyl (C=O) groups excluding carboxylic acids is 1. The molecule has 2 aliphatic rings. The minimum atomic E-state index is -0.153. The van der Waals surface area contributed by atoms with Crippen molar-refractivity contribution in [1.29, 1.82) is 0 Å². The summed E-state index contributed by atoms with van der Waals surface area (Å²) in [4.78, 5) is 19.1. The number of hydrogen-bond acceptors (Lipinski definition) is 4. The Balaban J connectivity index is 1.37. The molecule has 0 radical (unpaired) electrons. The van der Waals surface area contributed by atoms with Gasteiger partial charge < -0.3 is 15.5 Å². The highest BCUT2D eigenvalue weighted by atomic mass is 16.2. The van der Waals surface area contributed by atoms with Gasteiger partial charge in [-0.3, -0.25) is 0 Å². The number of carbonyl (C=O) groups is 1. The van der Waals surface area contributed by atoms with Crippen LogP contribution < -0.4 is 15.5 Å². The summed E-state index contributed by atoms with van der Waals surface area (Å²) in [6.07, 6.45) is 7.25. The van der Waals surface area contributed by atoms with Crippen molar-refractivity contribution >= 4 is 11.7 Å². The van der Waals surface area contributed by atoms with Gasteiger partial charge in [0.2, 0.25) is 0 Å². The van der Waals surface area contributed by atoms with Crippen molar-refractivity contribution in [3.63, 3.8) is 0 Å². The van der Waals surface area contributed by atoms with E-state index in [9.17, 15) is 4.79 Å². The maximum absolute atomic E-state index is 12.4. The van der Waals surface area contributed by atoms with Gasteiger partial charge in [-0.1, -0.05) is 18.2 Å². The highest BCUT2D eigenvalue weighted by Gasteiger charge is 2.24. The summed E-state index contributed by atoms with van der Waals surface area (Å²) in [6.45, 7) is 3.60. The molecule has 4 rings (SSSR count). The lowest BCUT2D eigenvalue weighted by Crippen LogP contribution is -2.40. The van der Waals surface area contributed by atoms with Crippen LogP contribution in [-0.2, 0) is 13.1 Å². The summed E-state index contributed by atoms with van der Waals surface area (Å²) in [7, 11) is 0. The molecule has 2 aromatic rings. The van der Waals surface area contributed by atoms with Crippen LogP contribution in [0.5, 0.6) is 0 Å². The molecule has 138 valence electrons. The second-order valence-corrected chi connectivity index (χ2v) is 7.04. The number of nitrogens with one attached hydrogen (secondary N) is 2. The molecule has 7 heteroatoms. The van der Waals surface area contributed by atoms with E-state index in [-0.39, 0.29) is 12.1 Å². The average molecular weight is 354 g/mol. The van der Waals surface area contributed by atoms with E-state index in [1.165, 1.54) is 24.9 Å². The third kappa shape index (κ3) is 3.66. The summed E-state index contributed by atoms with van der Waals surface area (Å²) in [5.41, 5.74) is 2.40. The fourth-order valence-corrected chi connectivity index (χ4v) is 3.91. The monoisotopic (exact) mass is 354 g/mol. The van der Waals surface area contributed by atoms with E-state index in [2.05, 4.69) is 43.8 Å². The van der Waals surface area contributed by atoms with Gasteiger partial charge in [-0.2, -0.15) is 5.10 Å². The lowest BCUT2D eigenvalue weighted by atomic mass is 10.1. The molecule has 1 unspecified atom stereocenters. The van der Waals surface area contributed by atoms with Crippen molar-refractivity contribution in [2.24, 2.45) is 0 Å². The number of hydrogen-bond donors (Lipinski definition) is 2. The van der Waals surface area contributed by atoms with E-state index in [1.807, 2.05) is 10.7 Å². The van der Waals surface area contributed by atoms with E-state index in [0.717, 1.165) is 43.9 Å². The van der Waals surface area contributed by atoms with Crippen LogP contribution in [0.2, 0.25) is 0 Å². The van der Waals surface area contributed by atoms with Crippen LogP contribution in [-0.4, -0.2) is 33.9 Å². The quantitative estimate of drug-likeness (QED) is 0.885. The van der Waals surface area contributed by atoms with Gasteiger partial charge in [0.15, 0.2) is 0 Å². The smallest absolute Gasteiger partial charge is 0.315 e. The molecule has 1 atom stereocenters. The third-order valence-corrected chi connectivity index (χ3v) is 5.25. The zero-order valence-corrected chi connectivity index (χ0v) is 15.0. The first-order valence-electron chi connectivity index (χ1n) is 9.56. The maximum atomic E-state index is 12.4. The van der Waals surface area contributed by atoms with Gasteiger partial charge in [0.05, 0.1) is 6.04 Å². The van der Waals surface area contributed by atoms with Crippen LogP contribution in [0, 0.1) is 0 Å². The predicted molar refractivity (Wildman–Crippen MR) is 99.9 cm³/mol. The van der Waals surface area contributed by atoms with Gasteiger partial charge in [-0.05, 0) is 43.7 Å². The van der Waals surface area contributed by atoms with E-state index in [4.69, 9.17) is 0 Å². The third-order valence-electron chi connectivity index (χ3n) is 5.25. The van der Waals surface area contributed by atoms with Crippen LogP contribution in [0.25, 0.3) is 0 Å². The van der Waals surface area contributed by atoms with Crippen molar-refractivity contribution < 1.29 is 4.79 Å². The molecule has 0 bridgehead atoms. The molecule has 26 heavy (non-hydrogen) atoms. The van der Waals surface area contributed by atoms with Gasteiger partial charge in [-0.25, -0.2) is 14.5 Å². The fraction of sp³-hybridized carbons (Fsp3) is 0.526. The second kappa shape index (κ2) is 7.76. The Kier molecular flexibility index (Phi) is 5.04. The van der Waals surface area contributed by atoms with Crippen molar-refractivity contribution in [2.75, 3.05) is 18.0 Å². The number of piperidine rings is 1. The highest BCUT2D eigenvalue weighted by Crippen LogP contribution is 2.24. The van der Waals surface area contributed by atoms with Crippen molar-refractivity contribution in [1.82, 2.24) is 25.4 Å². The van der Waals surface area contributed by atoms with Gasteiger partial charge in [0.1, 0.15) is 12.2 Å². The molecule has 2 aliphatic heterocycles. The summed E-state index contributed by atoms with van der Waals surface area (Å²) in [6, 6.07) is 8.14. The standard InChI is InChI=1S/C19H26N6O/c26-19(23-16-8-6-12-25-18(16)21-14-22-25)20-13-15-7-2-3-9-17(15)24-10-4-1-5-11-24/h2-3,7,9,14,16H,1,4-6,8,10-13H2,(H2,20,23,26). The number of benzene rings is 1. The number of fused-ring (bicyclic) bond motifs is 1. The normalized spacial score (nSPS) is 19.7. The first-order valence-corrected chi connectivity index (χ1v) is 9.56. The largest absolute Gasteiger partial charge is 0.371 e.